The highest BCUT2D eigenvalue weighted by molar-refractivity contribution is 6.72. The highest BCUT2D eigenvalue weighted by atomic mass is 28.4. The zero-order valence-electron chi connectivity index (χ0n) is 14.5. The maximum Gasteiger partial charge on any atom is 0.358 e. The second-order valence-electron chi connectivity index (χ2n) is 6.97. The lowest BCUT2D eigenvalue weighted by Gasteiger charge is -2.24. The van der Waals surface area contributed by atoms with Gasteiger partial charge < -0.3 is 13.6 Å². The summed E-state index contributed by atoms with van der Waals surface area (Å²) >= 11 is 0. The summed E-state index contributed by atoms with van der Waals surface area (Å²) in [4.78, 5) is 12.4. The molecule has 0 amide bonds. The van der Waals surface area contributed by atoms with Crippen molar-refractivity contribution in [2.45, 2.75) is 39.3 Å². The van der Waals surface area contributed by atoms with Crippen molar-refractivity contribution in [3.8, 4) is 5.75 Å². The van der Waals surface area contributed by atoms with E-state index in [9.17, 15) is 4.79 Å². The van der Waals surface area contributed by atoms with Crippen LogP contribution in [-0.4, -0.2) is 29.7 Å². The Balaban J connectivity index is 3.19. The summed E-state index contributed by atoms with van der Waals surface area (Å²) in [7, 11) is -2.31. The first-order chi connectivity index (χ1) is 10.0. The van der Waals surface area contributed by atoms with Gasteiger partial charge in [-0.1, -0.05) is 18.2 Å². The van der Waals surface area contributed by atoms with Gasteiger partial charge in [0.25, 0.3) is 0 Å². The molecule has 4 nitrogen and oxygen atoms in total. The third-order valence-corrected chi connectivity index (χ3v) is 4.07. The first kappa shape index (κ1) is 18.5. The largest absolute Gasteiger partial charge is 0.539 e. The maximum absolute atomic E-state index is 12.4. The molecule has 0 saturated heterocycles. The second-order valence-corrected chi connectivity index (χ2v) is 15.8. The lowest BCUT2D eigenvalue weighted by atomic mass is 10.2. The highest BCUT2D eigenvalue weighted by Crippen LogP contribution is 2.23. The van der Waals surface area contributed by atoms with E-state index < -0.39 is 22.6 Å². The van der Waals surface area contributed by atoms with Crippen molar-refractivity contribution in [1.29, 1.82) is 0 Å². The molecule has 1 aromatic carbocycles. The number of ether oxygens (including phenoxy) is 1. The van der Waals surface area contributed by atoms with Crippen molar-refractivity contribution < 1.29 is 18.4 Å². The van der Waals surface area contributed by atoms with Crippen LogP contribution in [0.5, 0.6) is 5.75 Å². The molecule has 0 spiro atoms. The summed E-state index contributed by atoms with van der Waals surface area (Å²) in [6.07, 6.45) is 1.71. The van der Waals surface area contributed by atoms with Crippen LogP contribution in [0.25, 0.3) is 6.08 Å². The van der Waals surface area contributed by atoms with E-state index in [1.165, 1.54) is 0 Å². The van der Waals surface area contributed by atoms with E-state index in [1.807, 2.05) is 63.5 Å². The van der Waals surface area contributed by atoms with Gasteiger partial charge >= 0.3 is 5.97 Å². The minimum absolute atomic E-state index is 0.256. The van der Waals surface area contributed by atoms with Crippen molar-refractivity contribution in [2.24, 2.45) is 0 Å². The van der Waals surface area contributed by atoms with Gasteiger partial charge in [0.05, 0.1) is 7.11 Å². The zero-order chi connectivity index (χ0) is 17.0. The number of carbonyl (C=O) groups excluding carboxylic acids is 1. The summed E-state index contributed by atoms with van der Waals surface area (Å²) in [5.74, 6) is 0.554. The van der Waals surface area contributed by atoms with E-state index in [0.29, 0.717) is 5.75 Å². The Morgan fingerprint density at radius 3 is 2.00 bits per heavy atom. The first-order valence-electron chi connectivity index (χ1n) is 7.29. The molecule has 6 heteroatoms. The lowest BCUT2D eigenvalue weighted by Crippen LogP contribution is -2.33. The Bertz CT molecular complexity index is 554. The molecular weight excluding hydrogens is 312 g/mol. The third kappa shape index (κ3) is 6.49. The Kier molecular flexibility index (Phi) is 6.02. The van der Waals surface area contributed by atoms with E-state index >= 15 is 0 Å². The summed E-state index contributed by atoms with van der Waals surface area (Å²) in [5, 5.41) is 0. The fourth-order valence-corrected chi connectivity index (χ4v) is 3.17. The zero-order valence-corrected chi connectivity index (χ0v) is 16.5. The highest BCUT2D eigenvalue weighted by Gasteiger charge is 2.27. The molecule has 122 valence electrons. The molecule has 0 unspecified atom stereocenters. The molecule has 22 heavy (non-hydrogen) atoms. The van der Waals surface area contributed by atoms with E-state index in [2.05, 4.69) is 0 Å². The molecule has 0 atom stereocenters. The summed E-state index contributed by atoms with van der Waals surface area (Å²) in [6, 6.07) is 7.51. The minimum Gasteiger partial charge on any atom is -0.539 e. The van der Waals surface area contributed by atoms with Crippen molar-refractivity contribution in [1.82, 2.24) is 0 Å². The van der Waals surface area contributed by atoms with Gasteiger partial charge in [0.1, 0.15) is 5.75 Å². The predicted octanol–water partition coefficient (Wildman–Crippen LogP) is 4.27. The van der Waals surface area contributed by atoms with Gasteiger partial charge in [0.15, 0.2) is 5.76 Å². The average molecular weight is 339 g/mol. The maximum atomic E-state index is 12.4. The second kappa shape index (κ2) is 7.15. The molecule has 1 aromatic rings. The SMILES string of the molecule is COc1ccccc1/C=C(\O[Si](C)(C)C)C(=O)O[Si](C)(C)C. The van der Waals surface area contributed by atoms with E-state index in [0.717, 1.165) is 5.56 Å². The summed E-state index contributed by atoms with van der Waals surface area (Å²) < 4.78 is 16.8. The van der Waals surface area contributed by atoms with Crippen molar-refractivity contribution in [3.05, 3.63) is 35.6 Å². The Labute approximate surface area is 135 Å². The number of benzene rings is 1. The van der Waals surface area contributed by atoms with E-state index in [1.54, 1.807) is 13.2 Å². The summed E-state index contributed by atoms with van der Waals surface area (Å²) in [6.45, 7) is 12.0. The molecule has 0 radical (unpaired) electrons. The molecule has 0 aliphatic carbocycles. The number of hydrogen-bond acceptors (Lipinski definition) is 4. The Morgan fingerprint density at radius 2 is 1.50 bits per heavy atom. The van der Waals surface area contributed by atoms with Crippen LogP contribution < -0.4 is 4.74 Å². The number of para-hydroxylation sites is 1. The lowest BCUT2D eigenvalue weighted by molar-refractivity contribution is -0.133. The minimum atomic E-state index is -1.98. The Hall–Kier alpha value is -1.54. The van der Waals surface area contributed by atoms with Crippen molar-refractivity contribution in [3.63, 3.8) is 0 Å². The van der Waals surface area contributed by atoms with Gasteiger partial charge in [-0.25, -0.2) is 4.79 Å². The molecule has 0 saturated carbocycles. The standard InChI is InChI=1S/C16H26O4Si2/c1-18-14-11-9-8-10-13(14)12-15(19-21(2,3)4)16(17)20-22(5,6)7/h8-12H,1-7H3/b15-12-. The monoisotopic (exact) mass is 338 g/mol. The molecule has 0 aromatic heterocycles. The van der Waals surface area contributed by atoms with Crippen LogP contribution in [0.4, 0.5) is 0 Å². The molecular formula is C16H26O4Si2. The predicted molar refractivity (Wildman–Crippen MR) is 94.8 cm³/mol. The Morgan fingerprint density at radius 1 is 0.955 bits per heavy atom. The molecule has 1 rings (SSSR count). The first-order valence-corrected chi connectivity index (χ1v) is 14.1. The van der Waals surface area contributed by atoms with Crippen LogP contribution in [0, 0.1) is 0 Å². The van der Waals surface area contributed by atoms with Gasteiger partial charge in [0, 0.05) is 5.56 Å². The van der Waals surface area contributed by atoms with Crippen LogP contribution in [0.2, 0.25) is 39.3 Å². The van der Waals surface area contributed by atoms with E-state index in [-0.39, 0.29) is 5.76 Å². The van der Waals surface area contributed by atoms with Crippen LogP contribution in [-0.2, 0) is 13.6 Å². The smallest absolute Gasteiger partial charge is 0.358 e. The normalized spacial score (nSPS) is 12.8. The molecule has 0 fully saturated rings. The molecule has 0 N–H and O–H groups in total. The van der Waals surface area contributed by atoms with Gasteiger partial charge in [-0.15, -0.1) is 0 Å². The van der Waals surface area contributed by atoms with Crippen LogP contribution >= 0.6 is 0 Å². The molecule has 0 aliphatic rings. The fourth-order valence-electron chi connectivity index (χ4n) is 1.72. The number of rotatable bonds is 6. The topological polar surface area (TPSA) is 44.8 Å². The third-order valence-electron chi connectivity index (χ3n) is 2.44. The van der Waals surface area contributed by atoms with Gasteiger partial charge in [0.2, 0.25) is 16.6 Å². The summed E-state index contributed by atoms with van der Waals surface area (Å²) in [5.41, 5.74) is 0.797. The molecule has 0 bridgehead atoms. The molecule has 0 heterocycles. The number of carbonyl (C=O) groups is 1. The van der Waals surface area contributed by atoms with E-state index in [4.69, 9.17) is 13.6 Å². The average Bonchev–Trinajstić information content (AvgIpc) is 2.35. The quantitative estimate of drug-likeness (QED) is 0.441. The van der Waals surface area contributed by atoms with Crippen LogP contribution in [0.1, 0.15) is 5.56 Å². The van der Waals surface area contributed by atoms with Crippen molar-refractivity contribution >= 4 is 28.7 Å². The van der Waals surface area contributed by atoms with Gasteiger partial charge in [-0.3, -0.25) is 0 Å². The molecule has 0 aliphatic heterocycles. The van der Waals surface area contributed by atoms with Gasteiger partial charge in [-0.05, 0) is 51.4 Å². The number of methoxy groups -OCH3 is 1. The number of hydrogen-bond donors (Lipinski definition) is 0. The van der Waals surface area contributed by atoms with Crippen molar-refractivity contribution in [2.75, 3.05) is 7.11 Å². The van der Waals surface area contributed by atoms with Crippen LogP contribution in [0.3, 0.4) is 0 Å². The fraction of sp³-hybridized carbons (Fsp3) is 0.438. The van der Waals surface area contributed by atoms with Gasteiger partial charge in [-0.2, -0.15) is 0 Å². The van der Waals surface area contributed by atoms with Crippen LogP contribution in [0.15, 0.2) is 30.0 Å².